The van der Waals surface area contributed by atoms with Gasteiger partial charge in [0.2, 0.25) is 5.91 Å². The zero-order valence-electron chi connectivity index (χ0n) is 17.2. The third kappa shape index (κ3) is 6.67. The van der Waals surface area contributed by atoms with Crippen LogP contribution >= 0.6 is 27.5 Å². The highest BCUT2D eigenvalue weighted by atomic mass is 79.9. The van der Waals surface area contributed by atoms with Gasteiger partial charge in [-0.1, -0.05) is 41.9 Å². The maximum atomic E-state index is 12.3. The van der Waals surface area contributed by atoms with Crippen LogP contribution < -0.4 is 15.5 Å². The Morgan fingerprint density at radius 2 is 1.72 bits per heavy atom. The number of nitrogens with one attached hydrogen (secondary N) is 2. The van der Waals surface area contributed by atoms with Gasteiger partial charge in [0.1, 0.15) is 18.3 Å². The van der Waals surface area contributed by atoms with Crippen molar-refractivity contribution in [2.75, 3.05) is 5.32 Å². The molecule has 0 aliphatic carbocycles. The number of hydrazone groups is 1. The first-order valence-electron chi connectivity index (χ1n) is 9.78. The molecule has 0 aliphatic heterocycles. The van der Waals surface area contributed by atoms with E-state index in [1.165, 1.54) is 13.1 Å². The summed E-state index contributed by atoms with van der Waals surface area (Å²) in [6.07, 6.45) is 1.49. The van der Waals surface area contributed by atoms with Crippen molar-refractivity contribution in [3.05, 3.63) is 93.4 Å². The quantitative estimate of drug-likeness (QED) is 0.240. The number of carbonyl (C=O) groups excluding carboxylic acids is 2. The zero-order chi connectivity index (χ0) is 22.9. The van der Waals surface area contributed by atoms with Gasteiger partial charge in [0.25, 0.3) is 5.91 Å². The lowest BCUT2D eigenvalue weighted by molar-refractivity contribution is -0.131. The molecule has 0 bridgehead atoms. The number of hydrogen-bond acceptors (Lipinski definition) is 4. The summed E-state index contributed by atoms with van der Waals surface area (Å²) < 4.78 is 6.47. The third-order valence-electron chi connectivity index (χ3n) is 4.54. The second-order valence-electron chi connectivity index (χ2n) is 6.87. The van der Waals surface area contributed by atoms with Crippen LogP contribution in [-0.2, 0) is 16.2 Å². The highest BCUT2D eigenvalue weighted by Gasteiger charge is 2.21. The number of anilines is 1. The summed E-state index contributed by atoms with van der Waals surface area (Å²) in [5, 5.41) is 7.30. The highest BCUT2D eigenvalue weighted by molar-refractivity contribution is 9.10. The number of rotatable bonds is 8. The molecule has 2 amide bonds. The van der Waals surface area contributed by atoms with Gasteiger partial charge in [-0.25, -0.2) is 5.43 Å². The molecule has 1 atom stereocenters. The van der Waals surface area contributed by atoms with Crippen molar-refractivity contribution in [2.45, 2.75) is 13.5 Å². The zero-order valence-corrected chi connectivity index (χ0v) is 19.6. The van der Waals surface area contributed by atoms with Crippen molar-refractivity contribution in [2.24, 2.45) is 11.0 Å². The minimum Gasteiger partial charge on any atom is -0.489 e. The normalized spacial score (nSPS) is 11.7. The Labute approximate surface area is 199 Å². The summed E-state index contributed by atoms with van der Waals surface area (Å²) >= 11 is 9.48. The summed E-state index contributed by atoms with van der Waals surface area (Å²) in [4.78, 5) is 24.5. The van der Waals surface area contributed by atoms with Crippen LogP contribution in [-0.4, -0.2) is 18.0 Å². The number of carbonyl (C=O) groups is 2. The summed E-state index contributed by atoms with van der Waals surface area (Å²) in [6.45, 7) is 1.88. The van der Waals surface area contributed by atoms with Gasteiger partial charge in [-0.15, -0.1) is 0 Å². The Balaban J connectivity index is 1.48. The molecule has 0 saturated heterocycles. The molecular formula is C24H21BrClN3O3. The molecule has 164 valence electrons. The van der Waals surface area contributed by atoms with Crippen molar-refractivity contribution >= 4 is 51.2 Å². The van der Waals surface area contributed by atoms with Crippen molar-refractivity contribution < 1.29 is 14.3 Å². The number of ether oxygens (including phenoxy) is 1. The summed E-state index contributed by atoms with van der Waals surface area (Å²) in [5.41, 5.74) is 4.65. The van der Waals surface area contributed by atoms with Crippen LogP contribution in [0, 0.1) is 5.92 Å². The van der Waals surface area contributed by atoms with Gasteiger partial charge in [-0.2, -0.15) is 5.10 Å². The Bertz CT molecular complexity index is 1120. The monoisotopic (exact) mass is 513 g/mol. The van der Waals surface area contributed by atoms with Gasteiger partial charge in [-0.3, -0.25) is 9.59 Å². The van der Waals surface area contributed by atoms with E-state index in [0.717, 1.165) is 15.6 Å². The average Bonchev–Trinajstić information content (AvgIpc) is 2.80. The molecule has 0 heterocycles. The van der Waals surface area contributed by atoms with Crippen LogP contribution in [0.1, 0.15) is 18.1 Å². The third-order valence-corrected chi connectivity index (χ3v) is 5.60. The van der Waals surface area contributed by atoms with Crippen LogP contribution in [0.15, 0.2) is 82.4 Å². The van der Waals surface area contributed by atoms with E-state index < -0.39 is 17.7 Å². The Kier molecular flexibility index (Phi) is 8.41. The summed E-state index contributed by atoms with van der Waals surface area (Å²) in [7, 11) is 0. The first-order valence-corrected chi connectivity index (χ1v) is 11.0. The molecule has 1 unspecified atom stereocenters. The lowest BCUT2D eigenvalue weighted by Crippen LogP contribution is -2.34. The number of amides is 2. The predicted octanol–water partition coefficient (Wildman–Crippen LogP) is 5.41. The lowest BCUT2D eigenvalue weighted by Gasteiger charge is -2.11. The van der Waals surface area contributed by atoms with Gasteiger partial charge in [0, 0.05) is 15.1 Å². The summed E-state index contributed by atoms with van der Waals surface area (Å²) in [6, 6.07) is 21.9. The molecule has 3 aromatic carbocycles. The van der Waals surface area contributed by atoms with Crippen LogP contribution in [0.3, 0.4) is 0 Å². The average molecular weight is 515 g/mol. The number of halogens is 2. The van der Waals surface area contributed by atoms with E-state index in [1.807, 2.05) is 30.3 Å². The molecule has 0 radical (unpaired) electrons. The second-order valence-corrected chi connectivity index (χ2v) is 8.14. The molecule has 0 aromatic heterocycles. The number of nitrogens with zero attached hydrogens (tertiary/aromatic N) is 1. The first kappa shape index (κ1) is 23.5. The van der Waals surface area contributed by atoms with Crippen molar-refractivity contribution in [3.63, 3.8) is 0 Å². The van der Waals surface area contributed by atoms with Gasteiger partial charge in [0.15, 0.2) is 0 Å². The van der Waals surface area contributed by atoms with Gasteiger partial charge < -0.3 is 10.1 Å². The number of para-hydroxylation sites is 1. The van der Waals surface area contributed by atoms with E-state index in [-0.39, 0.29) is 0 Å². The van der Waals surface area contributed by atoms with Crippen LogP contribution in [0.5, 0.6) is 5.75 Å². The standard InChI is InChI=1S/C24H21BrClN3O3/c1-16(23(30)28-22-9-5-3-7-20(22)25)24(31)29-27-14-17-10-12-19(13-11-17)32-15-18-6-2-4-8-21(18)26/h2-14,16H,15H2,1H3,(H,28,30)(H,29,31). The van der Waals surface area contributed by atoms with E-state index in [9.17, 15) is 9.59 Å². The van der Waals surface area contributed by atoms with E-state index in [2.05, 4.69) is 31.8 Å². The Hall–Kier alpha value is -3.16. The molecule has 0 fully saturated rings. The van der Waals surface area contributed by atoms with Crippen molar-refractivity contribution in [3.8, 4) is 5.75 Å². The fourth-order valence-corrected chi connectivity index (χ4v) is 3.19. The van der Waals surface area contributed by atoms with Crippen LogP contribution in [0.4, 0.5) is 5.69 Å². The molecule has 6 nitrogen and oxygen atoms in total. The Morgan fingerprint density at radius 3 is 2.44 bits per heavy atom. The predicted molar refractivity (Wildman–Crippen MR) is 130 cm³/mol. The lowest BCUT2D eigenvalue weighted by atomic mass is 10.1. The molecule has 2 N–H and O–H groups in total. The molecular weight excluding hydrogens is 494 g/mol. The Morgan fingerprint density at radius 1 is 1.03 bits per heavy atom. The maximum absolute atomic E-state index is 12.3. The fourth-order valence-electron chi connectivity index (χ4n) is 2.62. The molecule has 0 spiro atoms. The first-order chi connectivity index (χ1) is 15.4. The van der Waals surface area contributed by atoms with Crippen molar-refractivity contribution in [1.82, 2.24) is 5.43 Å². The highest BCUT2D eigenvalue weighted by Crippen LogP contribution is 2.22. The van der Waals surface area contributed by atoms with Gasteiger partial charge in [0.05, 0.1) is 11.9 Å². The van der Waals surface area contributed by atoms with E-state index in [0.29, 0.717) is 23.1 Å². The number of benzene rings is 3. The molecule has 3 aromatic rings. The second kappa shape index (κ2) is 11.5. The van der Waals surface area contributed by atoms with Crippen molar-refractivity contribution in [1.29, 1.82) is 0 Å². The van der Waals surface area contributed by atoms with E-state index in [1.54, 1.807) is 42.5 Å². The minimum absolute atomic E-state index is 0.364. The topological polar surface area (TPSA) is 79.8 Å². The van der Waals surface area contributed by atoms with Crippen LogP contribution in [0.2, 0.25) is 5.02 Å². The van der Waals surface area contributed by atoms with Gasteiger partial charge in [-0.05, 0) is 70.9 Å². The minimum atomic E-state index is -0.917. The maximum Gasteiger partial charge on any atom is 0.252 e. The van der Waals surface area contributed by atoms with E-state index >= 15 is 0 Å². The molecule has 3 rings (SSSR count). The smallest absolute Gasteiger partial charge is 0.252 e. The molecule has 8 heteroatoms. The molecule has 0 saturated carbocycles. The fraction of sp³-hybridized carbons (Fsp3) is 0.125. The largest absolute Gasteiger partial charge is 0.489 e. The molecule has 0 aliphatic rings. The van der Waals surface area contributed by atoms with Crippen LogP contribution in [0.25, 0.3) is 0 Å². The SMILES string of the molecule is CC(C(=O)NN=Cc1ccc(OCc2ccccc2Cl)cc1)C(=O)Nc1ccccc1Br. The van der Waals surface area contributed by atoms with E-state index in [4.69, 9.17) is 16.3 Å². The summed E-state index contributed by atoms with van der Waals surface area (Å²) in [5.74, 6) is -1.17. The van der Waals surface area contributed by atoms with Gasteiger partial charge >= 0.3 is 0 Å². The molecule has 32 heavy (non-hydrogen) atoms. The number of hydrogen-bond donors (Lipinski definition) is 2.